The Bertz CT molecular complexity index is 681. The molecular formula is C17H24N2O3S. The van der Waals surface area contributed by atoms with Crippen molar-refractivity contribution >= 4 is 15.9 Å². The zero-order chi connectivity index (χ0) is 16.4. The molecule has 126 valence electrons. The highest BCUT2D eigenvalue weighted by Gasteiger charge is 2.38. The SMILES string of the molecule is C[C@H]1C[C@@H]1C(=O)NCc1cccc(S(=O)(=O)N2CCCCC2)c1. The molecule has 2 aliphatic rings. The number of amides is 1. The van der Waals surface area contributed by atoms with E-state index in [0.29, 0.717) is 30.4 Å². The molecule has 1 aromatic rings. The van der Waals surface area contributed by atoms with Gasteiger partial charge in [0.15, 0.2) is 0 Å². The number of piperidine rings is 1. The number of sulfonamides is 1. The Balaban J connectivity index is 1.67. The van der Waals surface area contributed by atoms with E-state index in [4.69, 9.17) is 0 Å². The van der Waals surface area contributed by atoms with Gasteiger partial charge in [0.05, 0.1) is 4.90 Å². The Morgan fingerprint density at radius 1 is 1.26 bits per heavy atom. The van der Waals surface area contributed by atoms with Gasteiger partial charge in [0.2, 0.25) is 15.9 Å². The van der Waals surface area contributed by atoms with E-state index in [1.54, 1.807) is 22.5 Å². The minimum atomic E-state index is -3.42. The molecular weight excluding hydrogens is 312 g/mol. The molecule has 1 saturated carbocycles. The monoisotopic (exact) mass is 336 g/mol. The van der Waals surface area contributed by atoms with Crippen molar-refractivity contribution in [3.05, 3.63) is 29.8 Å². The lowest BCUT2D eigenvalue weighted by Crippen LogP contribution is -2.35. The number of carbonyl (C=O) groups is 1. The first kappa shape index (κ1) is 16.5. The highest BCUT2D eigenvalue weighted by molar-refractivity contribution is 7.89. The molecule has 23 heavy (non-hydrogen) atoms. The number of benzene rings is 1. The van der Waals surface area contributed by atoms with Crippen LogP contribution >= 0.6 is 0 Å². The van der Waals surface area contributed by atoms with E-state index in [1.807, 2.05) is 6.07 Å². The highest BCUT2D eigenvalue weighted by atomic mass is 32.2. The van der Waals surface area contributed by atoms with Gasteiger partial charge >= 0.3 is 0 Å². The zero-order valence-corrected chi connectivity index (χ0v) is 14.3. The van der Waals surface area contributed by atoms with Crippen molar-refractivity contribution in [1.29, 1.82) is 0 Å². The molecule has 1 aliphatic carbocycles. The topological polar surface area (TPSA) is 66.5 Å². The van der Waals surface area contributed by atoms with Crippen LogP contribution in [0.5, 0.6) is 0 Å². The summed E-state index contributed by atoms with van der Waals surface area (Å²) in [5.74, 6) is 0.679. The third kappa shape index (κ3) is 3.75. The molecule has 5 nitrogen and oxygen atoms in total. The summed E-state index contributed by atoms with van der Waals surface area (Å²) in [6, 6.07) is 6.92. The van der Waals surface area contributed by atoms with Gasteiger partial charge in [0.25, 0.3) is 0 Å². The van der Waals surface area contributed by atoms with Crippen LogP contribution in [0.25, 0.3) is 0 Å². The molecule has 3 rings (SSSR count). The van der Waals surface area contributed by atoms with E-state index < -0.39 is 10.0 Å². The van der Waals surface area contributed by atoms with Crippen molar-refractivity contribution in [2.45, 2.75) is 44.0 Å². The summed E-state index contributed by atoms with van der Waals surface area (Å²) in [5, 5.41) is 2.90. The number of hydrogen-bond acceptors (Lipinski definition) is 3. The maximum atomic E-state index is 12.7. The third-order valence-electron chi connectivity index (χ3n) is 4.76. The van der Waals surface area contributed by atoms with Crippen LogP contribution in [0.15, 0.2) is 29.2 Å². The number of carbonyl (C=O) groups excluding carboxylic acids is 1. The smallest absolute Gasteiger partial charge is 0.243 e. The Morgan fingerprint density at radius 2 is 1.96 bits per heavy atom. The van der Waals surface area contributed by atoms with Gasteiger partial charge < -0.3 is 5.32 Å². The summed E-state index contributed by atoms with van der Waals surface area (Å²) in [5.41, 5.74) is 0.824. The summed E-state index contributed by atoms with van der Waals surface area (Å²) >= 11 is 0. The van der Waals surface area contributed by atoms with Gasteiger partial charge in [-0.15, -0.1) is 0 Å². The molecule has 0 unspecified atom stereocenters. The van der Waals surface area contributed by atoms with Crippen LogP contribution in [0.2, 0.25) is 0 Å². The Morgan fingerprint density at radius 3 is 2.61 bits per heavy atom. The fraction of sp³-hybridized carbons (Fsp3) is 0.588. The van der Waals surface area contributed by atoms with E-state index in [2.05, 4.69) is 12.2 Å². The molecule has 2 fully saturated rings. The highest BCUT2D eigenvalue weighted by Crippen LogP contribution is 2.37. The van der Waals surface area contributed by atoms with Crippen LogP contribution in [0.1, 0.15) is 38.2 Å². The third-order valence-corrected chi connectivity index (χ3v) is 6.66. The lowest BCUT2D eigenvalue weighted by Gasteiger charge is -2.26. The first-order valence-electron chi connectivity index (χ1n) is 8.35. The Hall–Kier alpha value is -1.40. The van der Waals surface area contributed by atoms with Gasteiger partial charge in [-0.3, -0.25) is 4.79 Å². The number of rotatable bonds is 5. The molecule has 1 N–H and O–H groups in total. The van der Waals surface area contributed by atoms with E-state index in [9.17, 15) is 13.2 Å². The summed E-state index contributed by atoms with van der Waals surface area (Å²) in [4.78, 5) is 12.2. The maximum Gasteiger partial charge on any atom is 0.243 e. The lowest BCUT2D eigenvalue weighted by molar-refractivity contribution is -0.122. The largest absolute Gasteiger partial charge is 0.352 e. The second kappa shape index (κ2) is 6.61. The first-order valence-corrected chi connectivity index (χ1v) is 9.79. The molecule has 1 aliphatic heterocycles. The summed E-state index contributed by atoms with van der Waals surface area (Å²) < 4.78 is 26.9. The van der Waals surface area contributed by atoms with Gasteiger partial charge in [-0.05, 0) is 42.9 Å². The van der Waals surface area contributed by atoms with Gasteiger partial charge in [-0.1, -0.05) is 25.5 Å². The number of nitrogens with one attached hydrogen (secondary N) is 1. The van der Waals surface area contributed by atoms with E-state index >= 15 is 0 Å². The van der Waals surface area contributed by atoms with Crippen molar-refractivity contribution in [3.8, 4) is 0 Å². The van der Waals surface area contributed by atoms with Gasteiger partial charge in [0.1, 0.15) is 0 Å². The first-order chi connectivity index (χ1) is 11.0. The molecule has 2 atom stereocenters. The van der Waals surface area contributed by atoms with Crippen LogP contribution in [-0.2, 0) is 21.4 Å². The normalized spacial score (nSPS) is 25.1. The predicted molar refractivity (Wildman–Crippen MR) is 88.2 cm³/mol. The van der Waals surface area contributed by atoms with Gasteiger partial charge in [-0.25, -0.2) is 8.42 Å². The van der Waals surface area contributed by atoms with Crippen LogP contribution in [0, 0.1) is 11.8 Å². The van der Waals surface area contributed by atoms with Crippen LogP contribution in [0.3, 0.4) is 0 Å². The fourth-order valence-electron chi connectivity index (χ4n) is 3.08. The minimum absolute atomic E-state index is 0.0711. The van der Waals surface area contributed by atoms with Crippen molar-refractivity contribution < 1.29 is 13.2 Å². The molecule has 0 aromatic heterocycles. The van der Waals surface area contributed by atoms with Gasteiger partial charge in [0, 0.05) is 25.6 Å². The second-order valence-corrected chi connectivity index (χ2v) is 8.59. The van der Waals surface area contributed by atoms with Crippen molar-refractivity contribution in [3.63, 3.8) is 0 Å². The standard InChI is InChI=1S/C17H24N2O3S/c1-13-10-16(13)17(20)18-12-14-6-5-7-15(11-14)23(21,22)19-8-3-2-4-9-19/h5-7,11,13,16H,2-4,8-10,12H2,1H3,(H,18,20)/t13-,16-/m0/s1. The summed E-state index contributed by atoms with van der Waals surface area (Å²) in [6.07, 6.45) is 3.90. The molecule has 0 spiro atoms. The summed E-state index contributed by atoms with van der Waals surface area (Å²) in [7, 11) is -3.42. The molecule has 6 heteroatoms. The van der Waals surface area contributed by atoms with E-state index in [-0.39, 0.29) is 11.8 Å². The Kier molecular flexibility index (Phi) is 4.73. The van der Waals surface area contributed by atoms with Crippen LogP contribution < -0.4 is 5.32 Å². The molecule has 1 aromatic carbocycles. The molecule has 0 bridgehead atoms. The van der Waals surface area contributed by atoms with Crippen LogP contribution in [-0.4, -0.2) is 31.7 Å². The van der Waals surface area contributed by atoms with Crippen molar-refractivity contribution in [2.24, 2.45) is 11.8 Å². The van der Waals surface area contributed by atoms with Crippen molar-refractivity contribution in [1.82, 2.24) is 9.62 Å². The average Bonchev–Trinajstić information content (AvgIpc) is 3.31. The molecule has 1 heterocycles. The Labute approximate surface area is 138 Å². The number of nitrogens with zero attached hydrogens (tertiary/aromatic N) is 1. The fourth-order valence-corrected chi connectivity index (χ4v) is 4.67. The lowest BCUT2D eigenvalue weighted by atomic mass is 10.2. The predicted octanol–water partition coefficient (Wildman–Crippen LogP) is 2.13. The van der Waals surface area contributed by atoms with Crippen molar-refractivity contribution in [2.75, 3.05) is 13.1 Å². The molecule has 0 radical (unpaired) electrons. The quantitative estimate of drug-likeness (QED) is 0.896. The number of hydrogen-bond donors (Lipinski definition) is 1. The summed E-state index contributed by atoms with van der Waals surface area (Å²) in [6.45, 7) is 3.65. The van der Waals surface area contributed by atoms with Gasteiger partial charge in [-0.2, -0.15) is 4.31 Å². The second-order valence-electron chi connectivity index (χ2n) is 6.65. The minimum Gasteiger partial charge on any atom is -0.352 e. The van der Waals surface area contributed by atoms with E-state index in [1.165, 1.54) is 0 Å². The van der Waals surface area contributed by atoms with Crippen LogP contribution in [0.4, 0.5) is 0 Å². The average molecular weight is 336 g/mol. The molecule has 1 amide bonds. The maximum absolute atomic E-state index is 12.7. The zero-order valence-electron chi connectivity index (χ0n) is 13.5. The van der Waals surface area contributed by atoms with E-state index in [0.717, 1.165) is 31.2 Å². The molecule has 1 saturated heterocycles.